The number of benzene rings is 1. The van der Waals surface area contributed by atoms with Gasteiger partial charge in [-0.05, 0) is 23.4 Å². The van der Waals surface area contributed by atoms with Crippen LogP contribution >= 0.6 is 11.3 Å². The summed E-state index contributed by atoms with van der Waals surface area (Å²) in [6.45, 7) is 2.73. The molecule has 2 atom stereocenters. The van der Waals surface area contributed by atoms with Gasteiger partial charge in [-0.2, -0.15) is 16.4 Å². The highest BCUT2D eigenvalue weighted by molar-refractivity contribution is 7.08. The van der Waals surface area contributed by atoms with Crippen molar-refractivity contribution < 1.29 is 9.90 Å². The van der Waals surface area contributed by atoms with Crippen LogP contribution in [0.2, 0.25) is 0 Å². The number of carbonyl (C=O) groups excluding carboxylic acids is 1. The molecular formula is C20H23N5O2S. The predicted molar refractivity (Wildman–Crippen MR) is 107 cm³/mol. The lowest BCUT2D eigenvalue weighted by molar-refractivity contribution is -0.0165. The molecule has 1 aromatic carbocycles. The van der Waals surface area contributed by atoms with Crippen molar-refractivity contribution >= 4 is 17.2 Å². The van der Waals surface area contributed by atoms with Gasteiger partial charge in [-0.15, -0.1) is 0 Å². The van der Waals surface area contributed by atoms with Crippen molar-refractivity contribution in [3.05, 3.63) is 70.9 Å². The minimum absolute atomic E-state index is 0.153. The molecule has 3 aromatic rings. The highest BCUT2D eigenvalue weighted by atomic mass is 32.1. The lowest BCUT2D eigenvalue weighted by atomic mass is 9.78. The topological polar surface area (TPSA) is 83.3 Å². The molecule has 0 saturated carbocycles. The van der Waals surface area contributed by atoms with Crippen LogP contribution < -0.4 is 5.32 Å². The summed E-state index contributed by atoms with van der Waals surface area (Å²) >= 11 is 1.49. The molecule has 28 heavy (non-hydrogen) atoms. The van der Waals surface area contributed by atoms with E-state index in [1.807, 2.05) is 41.1 Å². The number of aliphatic hydroxyl groups is 1. The third-order valence-corrected chi connectivity index (χ3v) is 6.03. The van der Waals surface area contributed by atoms with Gasteiger partial charge >= 0.3 is 0 Å². The van der Waals surface area contributed by atoms with Crippen molar-refractivity contribution in [1.29, 1.82) is 0 Å². The summed E-state index contributed by atoms with van der Waals surface area (Å²) in [6, 6.07) is 11.6. The molecule has 1 fully saturated rings. The van der Waals surface area contributed by atoms with Gasteiger partial charge in [-0.1, -0.05) is 30.3 Å². The molecule has 8 heteroatoms. The average Bonchev–Trinajstić information content (AvgIpc) is 3.43. The number of aliphatic hydroxyl groups excluding tert-OH is 1. The maximum atomic E-state index is 12.8. The molecule has 146 valence electrons. The Hall–Kier alpha value is -2.55. The molecule has 0 aliphatic carbocycles. The van der Waals surface area contributed by atoms with Crippen molar-refractivity contribution in [2.75, 3.05) is 19.6 Å². The zero-order chi connectivity index (χ0) is 19.4. The van der Waals surface area contributed by atoms with Crippen molar-refractivity contribution in [2.24, 2.45) is 0 Å². The Bertz CT molecular complexity index is 885. The number of nitrogens with zero attached hydrogens (tertiary/aromatic N) is 4. The number of likely N-dealkylation sites (tertiary alicyclic amines) is 1. The molecule has 1 amide bonds. The summed E-state index contributed by atoms with van der Waals surface area (Å²) in [4.78, 5) is 19.0. The van der Waals surface area contributed by atoms with Gasteiger partial charge in [0.2, 0.25) is 0 Å². The molecule has 1 aliphatic rings. The molecule has 0 unspecified atom stereocenters. The molecular weight excluding hydrogens is 374 g/mol. The van der Waals surface area contributed by atoms with Crippen LogP contribution in [-0.4, -0.2) is 56.4 Å². The fraction of sp³-hybridized carbons (Fsp3) is 0.350. The molecule has 1 aliphatic heterocycles. The number of nitrogens with one attached hydrogen (secondary N) is 1. The van der Waals surface area contributed by atoms with Gasteiger partial charge in [0.05, 0.1) is 23.8 Å². The number of hydrogen-bond donors (Lipinski definition) is 2. The van der Waals surface area contributed by atoms with Crippen LogP contribution in [0, 0.1) is 0 Å². The fourth-order valence-electron chi connectivity index (χ4n) is 3.75. The predicted octanol–water partition coefficient (Wildman–Crippen LogP) is 1.73. The lowest BCUT2D eigenvalue weighted by Crippen LogP contribution is -2.62. The summed E-state index contributed by atoms with van der Waals surface area (Å²) in [5.74, 6) is -0.153. The van der Waals surface area contributed by atoms with Gasteiger partial charge in [0.1, 0.15) is 12.7 Å². The van der Waals surface area contributed by atoms with Crippen LogP contribution in [0.4, 0.5) is 0 Å². The minimum atomic E-state index is -0.802. The number of amides is 1. The average molecular weight is 398 g/mol. The maximum Gasteiger partial charge on any atom is 0.252 e. The number of piperidine rings is 1. The second-order valence-electron chi connectivity index (χ2n) is 7.03. The van der Waals surface area contributed by atoms with Gasteiger partial charge in [0.15, 0.2) is 0 Å². The second-order valence-corrected chi connectivity index (χ2v) is 7.81. The minimum Gasteiger partial charge on any atom is -0.389 e. The Kier molecular flexibility index (Phi) is 5.52. The van der Waals surface area contributed by atoms with Crippen LogP contribution in [0.3, 0.4) is 0 Å². The van der Waals surface area contributed by atoms with E-state index in [-0.39, 0.29) is 5.91 Å². The SMILES string of the molecule is O=C(N[C@]1(c2ccccc2)CCN(CCn2cncn2)C[C@H]1O)c1ccsc1. The summed E-state index contributed by atoms with van der Waals surface area (Å²) in [6.07, 6.45) is 3.12. The van der Waals surface area contributed by atoms with E-state index in [9.17, 15) is 9.90 Å². The van der Waals surface area contributed by atoms with Crippen LogP contribution in [0.5, 0.6) is 0 Å². The second kappa shape index (κ2) is 8.22. The van der Waals surface area contributed by atoms with E-state index in [4.69, 9.17) is 0 Å². The normalized spacial score (nSPS) is 22.8. The standard InChI is InChI=1S/C20H23N5O2S/c26-18-12-24(9-10-25-15-21-14-22-25)8-7-20(18,17-4-2-1-3-5-17)23-19(27)16-6-11-28-13-16/h1-6,11,13-15,18,26H,7-10,12H2,(H,23,27)/t18-,20+/m1/s1. The molecule has 0 radical (unpaired) electrons. The molecule has 0 spiro atoms. The zero-order valence-electron chi connectivity index (χ0n) is 15.4. The molecule has 0 bridgehead atoms. The van der Waals surface area contributed by atoms with Crippen molar-refractivity contribution in [2.45, 2.75) is 24.6 Å². The highest BCUT2D eigenvalue weighted by Crippen LogP contribution is 2.34. The van der Waals surface area contributed by atoms with Gasteiger partial charge in [-0.3, -0.25) is 14.4 Å². The van der Waals surface area contributed by atoms with Gasteiger partial charge in [-0.25, -0.2) is 4.98 Å². The van der Waals surface area contributed by atoms with Gasteiger partial charge < -0.3 is 10.4 Å². The first-order chi connectivity index (χ1) is 13.7. The first kappa shape index (κ1) is 18.8. The largest absolute Gasteiger partial charge is 0.389 e. The van der Waals surface area contributed by atoms with E-state index < -0.39 is 11.6 Å². The lowest BCUT2D eigenvalue weighted by Gasteiger charge is -2.46. The van der Waals surface area contributed by atoms with Crippen molar-refractivity contribution in [1.82, 2.24) is 25.0 Å². The summed E-state index contributed by atoms with van der Waals surface area (Å²) in [5, 5.41) is 22.1. The molecule has 2 aromatic heterocycles. The number of hydrogen-bond acceptors (Lipinski definition) is 6. The van der Waals surface area contributed by atoms with Gasteiger partial charge in [0.25, 0.3) is 5.91 Å². The summed E-state index contributed by atoms with van der Waals surface area (Å²) < 4.78 is 1.78. The third kappa shape index (κ3) is 3.84. The van der Waals surface area contributed by atoms with Crippen LogP contribution in [0.15, 0.2) is 59.8 Å². The molecule has 1 saturated heterocycles. The molecule has 4 rings (SSSR count). The number of aromatic nitrogens is 3. The number of carbonyl (C=O) groups is 1. The van der Waals surface area contributed by atoms with Crippen LogP contribution in [0.25, 0.3) is 0 Å². The monoisotopic (exact) mass is 397 g/mol. The summed E-state index contributed by atoms with van der Waals surface area (Å²) in [7, 11) is 0. The Labute approximate surface area is 167 Å². The number of β-amino-alcohol motifs (C(OH)–C–C–N with tert-alkyl or cyclic N) is 1. The van der Waals surface area contributed by atoms with Gasteiger partial charge in [0, 0.05) is 25.0 Å². The highest BCUT2D eigenvalue weighted by Gasteiger charge is 2.44. The number of rotatable bonds is 6. The van der Waals surface area contributed by atoms with Crippen molar-refractivity contribution in [3.63, 3.8) is 0 Å². The Balaban J connectivity index is 1.52. The van der Waals surface area contributed by atoms with E-state index in [0.717, 1.165) is 18.7 Å². The van der Waals surface area contributed by atoms with E-state index in [1.54, 1.807) is 17.1 Å². The molecule has 2 N–H and O–H groups in total. The first-order valence-corrected chi connectivity index (χ1v) is 10.2. The Morgan fingerprint density at radius 2 is 2.14 bits per heavy atom. The first-order valence-electron chi connectivity index (χ1n) is 9.30. The quantitative estimate of drug-likeness (QED) is 0.662. The molecule has 7 nitrogen and oxygen atoms in total. The smallest absolute Gasteiger partial charge is 0.252 e. The maximum absolute atomic E-state index is 12.8. The Morgan fingerprint density at radius 3 is 2.82 bits per heavy atom. The van der Waals surface area contributed by atoms with Crippen molar-refractivity contribution in [3.8, 4) is 0 Å². The Morgan fingerprint density at radius 1 is 1.29 bits per heavy atom. The van der Waals surface area contributed by atoms with E-state index in [2.05, 4.69) is 20.3 Å². The van der Waals surface area contributed by atoms with E-state index in [1.165, 1.54) is 17.7 Å². The van der Waals surface area contributed by atoms with E-state index >= 15 is 0 Å². The van der Waals surface area contributed by atoms with Crippen LogP contribution in [-0.2, 0) is 12.1 Å². The summed E-state index contributed by atoms with van der Waals surface area (Å²) in [5.41, 5.74) is 0.757. The molecule has 3 heterocycles. The zero-order valence-corrected chi connectivity index (χ0v) is 16.3. The third-order valence-electron chi connectivity index (χ3n) is 5.34. The fourth-order valence-corrected chi connectivity index (χ4v) is 4.38. The van der Waals surface area contributed by atoms with Crippen LogP contribution in [0.1, 0.15) is 22.3 Å². The van der Waals surface area contributed by atoms with E-state index in [0.29, 0.717) is 25.1 Å². The number of thiophene rings is 1.